The molecule has 12 nitrogen and oxygen atoms in total. The molecule has 0 rings (SSSR count). The van der Waals surface area contributed by atoms with E-state index in [-0.39, 0.29) is 75.4 Å². The molecule has 10 N–H and O–H groups in total. The number of carbonyl (C=O) groups excluding carboxylic acids is 2. The standard InChI is InChI=1S/C31H57NO11/c1-20(2)31(43)19-30(42)18-29(41)16-25(37)10-5-9-24(36)15-28(40)17-27(39)14-23(35)8-4-7-22(34)13-26(38)11-6-12-32-21(3)33/h4-5,8,10,20,22-30,34-42H,6-7,9,11-19H2,1-3H3,(H,32,33). The van der Waals surface area contributed by atoms with Gasteiger partial charge in [-0.15, -0.1) is 0 Å². The van der Waals surface area contributed by atoms with Crippen molar-refractivity contribution in [1.29, 1.82) is 0 Å². The zero-order chi connectivity index (χ0) is 32.9. The van der Waals surface area contributed by atoms with E-state index >= 15 is 0 Å². The van der Waals surface area contributed by atoms with Crippen molar-refractivity contribution < 1.29 is 55.5 Å². The first-order valence-electron chi connectivity index (χ1n) is 15.3. The van der Waals surface area contributed by atoms with Crippen molar-refractivity contribution >= 4 is 11.7 Å². The van der Waals surface area contributed by atoms with Crippen LogP contribution in [0.1, 0.15) is 91.4 Å². The molecule has 0 heterocycles. The summed E-state index contributed by atoms with van der Waals surface area (Å²) in [6.07, 6.45) is -1.53. The van der Waals surface area contributed by atoms with Gasteiger partial charge >= 0.3 is 0 Å². The molecule has 9 unspecified atom stereocenters. The number of aliphatic hydroxyl groups excluding tert-OH is 9. The molecular formula is C31H57NO11. The molecule has 0 saturated carbocycles. The van der Waals surface area contributed by atoms with Gasteiger partial charge in [0.2, 0.25) is 5.91 Å². The first-order valence-corrected chi connectivity index (χ1v) is 15.3. The lowest BCUT2D eigenvalue weighted by Crippen LogP contribution is -2.25. The Morgan fingerprint density at radius 3 is 1.49 bits per heavy atom. The smallest absolute Gasteiger partial charge is 0.216 e. The number of hydrogen-bond acceptors (Lipinski definition) is 11. The predicted octanol–water partition coefficient (Wildman–Crippen LogP) is -0.000800. The maximum Gasteiger partial charge on any atom is 0.216 e. The van der Waals surface area contributed by atoms with E-state index in [4.69, 9.17) is 0 Å². The highest BCUT2D eigenvalue weighted by atomic mass is 16.3. The number of hydrogen-bond donors (Lipinski definition) is 10. The highest BCUT2D eigenvalue weighted by Gasteiger charge is 2.20. The summed E-state index contributed by atoms with van der Waals surface area (Å²) in [7, 11) is 0. The quantitative estimate of drug-likeness (QED) is 0.0483. The number of carbonyl (C=O) groups is 2. The second-order valence-electron chi connectivity index (χ2n) is 11.9. The van der Waals surface area contributed by atoms with E-state index in [9.17, 15) is 55.5 Å². The maximum absolute atomic E-state index is 11.7. The summed E-state index contributed by atoms with van der Waals surface area (Å²) in [5, 5.41) is 93.3. The largest absolute Gasteiger partial charge is 0.393 e. The summed E-state index contributed by atoms with van der Waals surface area (Å²) in [4.78, 5) is 22.5. The third-order valence-electron chi connectivity index (χ3n) is 6.91. The van der Waals surface area contributed by atoms with Crippen molar-refractivity contribution in [3.63, 3.8) is 0 Å². The topological polar surface area (TPSA) is 228 Å². The molecule has 0 spiro atoms. The summed E-state index contributed by atoms with van der Waals surface area (Å²) >= 11 is 0. The van der Waals surface area contributed by atoms with Crippen LogP contribution in [0.4, 0.5) is 0 Å². The van der Waals surface area contributed by atoms with E-state index in [2.05, 4.69) is 5.32 Å². The molecular weight excluding hydrogens is 562 g/mol. The van der Waals surface area contributed by atoms with Gasteiger partial charge in [0.1, 0.15) is 5.78 Å². The molecule has 0 radical (unpaired) electrons. The lowest BCUT2D eigenvalue weighted by molar-refractivity contribution is -0.124. The summed E-state index contributed by atoms with van der Waals surface area (Å²) in [5.41, 5.74) is 0. The molecule has 0 aliphatic rings. The average Bonchev–Trinajstić information content (AvgIpc) is 2.85. The van der Waals surface area contributed by atoms with Crippen molar-refractivity contribution in [1.82, 2.24) is 5.32 Å². The van der Waals surface area contributed by atoms with Gasteiger partial charge in [-0.25, -0.2) is 0 Å². The second-order valence-corrected chi connectivity index (χ2v) is 11.9. The molecule has 0 aliphatic heterocycles. The number of Topliss-reactive ketones (excluding diaryl/α,β-unsaturated/α-hetero) is 1. The van der Waals surface area contributed by atoms with Crippen LogP contribution in [0, 0.1) is 5.92 Å². The van der Waals surface area contributed by atoms with Gasteiger partial charge in [-0.05, 0) is 51.4 Å². The molecule has 0 aromatic rings. The van der Waals surface area contributed by atoms with Crippen molar-refractivity contribution in [3.05, 3.63) is 24.3 Å². The van der Waals surface area contributed by atoms with Gasteiger partial charge in [0, 0.05) is 38.6 Å². The Hall–Kier alpha value is -1.74. The van der Waals surface area contributed by atoms with Crippen LogP contribution >= 0.6 is 0 Å². The number of rotatable bonds is 25. The fourth-order valence-corrected chi connectivity index (χ4v) is 4.51. The summed E-state index contributed by atoms with van der Waals surface area (Å²) < 4.78 is 0. The molecule has 0 bridgehead atoms. The first-order chi connectivity index (χ1) is 20.1. The highest BCUT2D eigenvalue weighted by Crippen LogP contribution is 2.15. The highest BCUT2D eigenvalue weighted by molar-refractivity contribution is 5.80. The fourth-order valence-electron chi connectivity index (χ4n) is 4.51. The number of aliphatic hydroxyl groups is 9. The summed E-state index contributed by atoms with van der Waals surface area (Å²) in [5.74, 6) is -0.454. The Kier molecular flexibility index (Phi) is 22.7. The molecule has 0 fully saturated rings. The average molecular weight is 620 g/mol. The van der Waals surface area contributed by atoms with Gasteiger partial charge in [-0.1, -0.05) is 38.2 Å². The molecule has 43 heavy (non-hydrogen) atoms. The van der Waals surface area contributed by atoms with Crippen LogP contribution in [0.3, 0.4) is 0 Å². The minimum Gasteiger partial charge on any atom is -0.393 e. The van der Waals surface area contributed by atoms with Crippen LogP contribution in [0.25, 0.3) is 0 Å². The molecule has 0 saturated heterocycles. The molecule has 0 aromatic carbocycles. The van der Waals surface area contributed by atoms with Crippen molar-refractivity contribution in [3.8, 4) is 0 Å². The van der Waals surface area contributed by atoms with Crippen LogP contribution in [-0.2, 0) is 9.59 Å². The molecule has 12 heteroatoms. The number of nitrogens with one attached hydrogen (secondary N) is 1. The lowest BCUT2D eigenvalue weighted by Gasteiger charge is -2.19. The number of amides is 1. The van der Waals surface area contributed by atoms with E-state index < -0.39 is 54.9 Å². The van der Waals surface area contributed by atoms with Crippen LogP contribution < -0.4 is 5.32 Å². The van der Waals surface area contributed by atoms with Crippen molar-refractivity contribution in [2.75, 3.05) is 6.54 Å². The van der Waals surface area contributed by atoms with Gasteiger partial charge in [-0.2, -0.15) is 0 Å². The van der Waals surface area contributed by atoms with E-state index in [1.54, 1.807) is 19.9 Å². The maximum atomic E-state index is 11.7. The van der Waals surface area contributed by atoms with Gasteiger partial charge in [0.05, 0.1) is 54.9 Å². The number of ketones is 1. The normalized spacial score (nSPS) is 18.7. The third kappa shape index (κ3) is 24.3. The van der Waals surface area contributed by atoms with Gasteiger partial charge < -0.3 is 51.3 Å². The third-order valence-corrected chi connectivity index (χ3v) is 6.91. The Morgan fingerprint density at radius 2 is 1.02 bits per heavy atom. The summed E-state index contributed by atoms with van der Waals surface area (Å²) in [6.45, 7) is 5.33. The van der Waals surface area contributed by atoms with Crippen LogP contribution in [-0.4, -0.2) is 119 Å². The second kappa shape index (κ2) is 23.6. The lowest BCUT2D eigenvalue weighted by atomic mass is 9.97. The van der Waals surface area contributed by atoms with Gasteiger partial charge in [0.25, 0.3) is 0 Å². The van der Waals surface area contributed by atoms with E-state index in [0.29, 0.717) is 19.4 Å². The zero-order valence-corrected chi connectivity index (χ0v) is 25.9. The molecule has 1 amide bonds. The van der Waals surface area contributed by atoms with Crippen molar-refractivity contribution in [2.45, 2.75) is 146 Å². The Bertz CT molecular complexity index is 807. The fraction of sp³-hybridized carbons (Fsp3) is 0.806. The van der Waals surface area contributed by atoms with Crippen LogP contribution in [0.15, 0.2) is 24.3 Å². The minimum absolute atomic E-state index is 0.0402. The first kappa shape index (κ1) is 41.3. The monoisotopic (exact) mass is 619 g/mol. The Morgan fingerprint density at radius 1 is 0.605 bits per heavy atom. The zero-order valence-electron chi connectivity index (χ0n) is 25.9. The minimum atomic E-state index is -1.04. The molecule has 0 aromatic heterocycles. The molecule has 9 atom stereocenters. The van der Waals surface area contributed by atoms with Crippen LogP contribution in [0.2, 0.25) is 0 Å². The predicted molar refractivity (Wildman–Crippen MR) is 162 cm³/mol. The van der Waals surface area contributed by atoms with E-state index in [1.807, 2.05) is 0 Å². The van der Waals surface area contributed by atoms with Gasteiger partial charge in [0.15, 0.2) is 0 Å². The van der Waals surface area contributed by atoms with E-state index in [0.717, 1.165) is 0 Å². The Balaban J connectivity index is 4.23. The summed E-state index contributed by atoms with van der Waals surface area (Å²) in [6, 6.07) is 0. The van der Waals surface area contributed by atoms with Crippen LogP contribution in [0.5, 0.6) is 0 Å². The molecule has 252 valence electrons. The van der Waals surface area contributed by atoms with Crippen molar-refractivity contribution in [2.24, 2.45) is 5.92 Å². The van der Waals surface area contributed by atoms with E-state index in [1.165, 1.54) is 25.2 Å². The Labute approximate surface area is 255 Å². The SMILES string of the molecule is CC(=O)NCCCC(O)CC(O)CC=CC(O)CC(O)CC(O)CC(O)CC=CC(O)CC(O)CC(O)CC(=O)C(C)C. The van der Waals surface area contributed by atoms with Gasteiger partial charge in [-0.3, -0.25) is 9.59 Å². The molecule has 0 aliphatic carbocycles.